The molecule has 542 valence electrons. The van der Waals surface area contributed by atoms with Crippen LogP contribution in [0.4, 0.5) is 34.1 Å². The Hall–Kier alpha value is -12.6. The lowest BCUT2D eigenvalue weighted by Gasteiger charge is -2.45. The highest BCUT2D eigenvalue weighted by molar-refractivity contribution is 7.00. The molecule has 0 radical (unpaired) electrons. The van der Waals surface area contributed by atoms with E-state index in [4.69, 9.17) is 2.74 Å². The molecule has 112 heavy (non-hydrogen) atoms. The van der Waals surface area contributed by atoms with Crippen LogP contribution < -0.4 is 26.2 Å². The van der Waals surface area contributed by atoms with E-state index >= 15 is 0 Å². The van der Waals surface area contributed by atoms with E-state index in [0.717, 1.165) is 139 Å². The molecular formula is C106H90BN5. The first-order chi connectivity index (χ1) is 57.4. The molecule has 0 saturated carbocycles. The molecule has 0 unspecified atom stereocenters. The maximum atomic E-state index is 9.86. The Morgan fingerprint density at radius 1 is 0.241 bits per heavy atom. The highest BCUT2D eigenvalue weighted by Gasteiger charge is 2.45. The predicted molar refractivity (Wildman–Crippen MR) is 480 cm³/mol. The first kappa shape index (κ1) is 60.2. The Balaban J connectivity index is 0.953. The summed E-state index contributed by atoms with van der Waals surface area (Å²) < 4.78 is 82.4. The summed E-state index contributed by atoms with van der Waals surface area (Å²) in [7, 11) is 0. The molecule has 2 aliphatic rings. The van der Waals surface area contributed by atoms with Gasteiger partial charge in [-0.05, 0) is 214 Å². The molecule has 0 amide bonds. The van der Waals surface area contributed by atoms with E-state index < -0.39 is 43.0 Å². The van der Waals surface area contributed by atoms with Crippen molar-refractivity contribution in [2.45, 2.75) is 105 Å². The third-order valence-corrected chi connectivity index (χ3v) is 23.6. The van der Waals surface area contributed by atoms with Crippen molar-refractivity contribution in [3.63, 3.8) is 0 Å². The quantitative estimate of drug-likeness (QED) is 0.134. The summed E-state index contributed by atoms with van der Waals surface area (Å²) in [6.07, 6.45) is 0. The van der Waals surface area contributed by atoms with Gasteiger partial charge in [0.15, 0.2) is 0 Å². The second kappa shape index (κ2) is 25.5. The van der Waals surface area contributed by atoms with E-state index in [2.05, 4.69) is 363 Å². The van der Waals surface area contributed by atoms with Gasteiger partial charge in [-0.15, -0.1) is 0 Å². The predicted octanol–water partition coefficient (Wildman–Crippen LogP) is 26.9. The smallest absolute Gasteiger partial charge is 0.252 e. The van der Waals surface area contributed by atoms with E-state index in [9.17, 15) is 8.22 Å². The van der Waals surface area contributed by atoms with Gasteiger partial charge in [-0.25, -0.2) is 0 Å². The lowest BCUT2D eigenvalue weighted by atomic mass is 9.33. The average Bonchev–Trinajstić information content (AvgIpc) is 1.53. The molecule has 15 aromatic carbocycles. The van der Waals surface area contributed by atoms with Gasteiger partial charge in [-0.1, -0.05) is 301 Å². The molecule has 0 atom stereocenters. The number of anilines is 6. The minimum atomic E-state index is -0.499. The van der Waals surface area contributed by atoms with Crippen LogP contribution >= 0.6 is 0 Å². The molecule has 0 fully saturated rings. The minimum absolute atomic E-state index is 0.0107. The molecule has 2 aliphatic heterocycles. The standard InChI is InChI=1S/C106H90BN5/c1-103(2,3)75-36-26-34-69(57-75)71-48-52-88-96(61-71)112(95-47-29-43-85-84-42-28-46-94(101(84)110(102(85)95)79-38-20-15-21-39-79)111-92-54-49-77(105(7,8)9)64-86(92)87-65-78(106(10,11)12)50-55-93(87)111)99-63-74(70-35-27-37-76(58-70)104(4,5)6)62-98-100(99)107(88)89-53-51-80(108-90-44-24-22-40-82(90)83-41-23-25-45-91(83)108)66-97(89)109(98)81-59-72(67-30-16-13-17-31-67)56-73(60-81)68-32-18-14-19-33-68/h13-66H,1-12H3/i22D,23D,24D,25D,40D,41D,44D,45D. The van der Waals surface area contributed by atoms with Gasteiger partial charge < -0.3 is 23.5 Å². The van der Waals surface area contributed by atoms with Gasteiger partial charge in [0.2, 0.25) is 0 Å². The number of fused-ring (bicyclic) bond motifs is 13. The molecule has 3 aromatic heterocycles. The topological polar surface area (TPSA) is 21.3 Å². The Morgan fingerprint density at radius 2 is 0.670 bits per heavy atom. The number of aromatic nitrogens is 3. The number of nitrogens with zero attached hydrogens (tertiary/aromatic N) is 5. The van der Waals surface area contributed by atoms with Crippen LogP contribution in [0.2, 0.25) is 0 Å². The monoisotopic (exact) mass is 1450 g/mol. The number of hydrogen-bond donors (Lipinski definition) is 0. The van der Waals surface area contributed by atoms with E-state index in [1.165, 1.54) is 33.0 Å². The number of hydrogen-bond acceptors (Lipinski definition) is 2. The van der Waals surface area contributed by atoms with Crippen molar-refractivity contribution >= 4 is 123 Å². The zero-order chi connectivity index (χ0) is 83.4. The van der Waals surface area contributed by atoms with Gasteiger partial charge in [0.25, 0.3) is 6.71 Å². The Morgan fingerprint density at radius 3 is 1.21 bits per heavy atom. The summed E-state index contributed by atoms with van der Waals surface area (Å²) in [6.45, 7) is 26.9. The average molecular weight is 1450 g/mol. The molecule has 0 bridgehead atoms. The summed E-state index contributed by atoms with van der Waals surface area (Å²) in [5.41, 5.74) is 27.7. The molecule has 18 aromatic rings. The Bertz CT molecular complexity index is 7170. The van der Waals surface area contributed by atoms with Crippen LogP contribution in [0.1, 0.15) is 116 Å². The molecule has 0 saturated heterocycles. The zero-order valence-corrected chi connectivity index (χ0v) is 65.4. The molecule has 0 spiro atoms. The van der Waals surface area contributed by atoms with Crippen LogP contribution in [-0.4, -0.2) is 20.4 Å². The van der Waals surface area contributed by atoms with Gasteiger partial charge in [0, 0.05) is 72.1 Å². The zero-order valence-electron chi connectivity index (χ0n) is 73.4. The van der Waals surface area contributed by atoms with Crippen molar-refractivity contribution in [1.82, 2.24) is 13.7 Å². The SMILES string of the molecule is [2H]c1c([2H])c([2H])c2c(c1[2H])c1c([2H])c([2H])c([2H])c([2H])c1n2-c1ccc2c(c1)N(c1cc(-c3ccccc3)cc(-c3ccccc3)c1)c1cc(-c3cccc(C(C)(C)C)c3)cc3c1B2c1ccc(-c2cccc(C(C)(C)C)c2)cc1N3c1cccc2c3cccc(-n4c5ccc(C(C)(C)C)cc5c5cc(C(C)(C)C)ccc54)c3n(-c3ccccc3)c12. The van der Waals surface area contributed by atoms with Gasteiger partial charge in [-0.3, -0.25) is 0 Å². The highest BCUT2D eigenvalue weighted by Crippen LogP contribution is 2.53. The Labute approximate surface area is 669 Å². The second-order valence-corrected chi connectivity index (χ2v) is 34.8. The fraction of sp³-hybridized carbons (Fsp3) is 0.151. The van der Waals surface area contributed by atoms with Crippen LogP contribution in [0.5, 0.6) is 0 Å². The molecule has 5 nitrogen and oxygen atoms in total. The third-order valence-electron chi connectivity index (χ3n) is 23.6. The molecule has 0 aliphatic carbocycles. The van der Waals surface area contributed by atoms with Crippen molar-refractivity contribution in [1.29, 1.82) is 0 Å². The lowest BCUT2D eigenvalue weighted by Crippen LogP contribution is -2.61. The van der Waals surface area contributed by atoms with Crippen LogP contribution in [0, 0.1) is 0 Å². The number of benzene rings is 15. The van der Waals surface area contributed by atoms with Crippen molar-refractivity contribution in [3.8, 4) is 61.6 Å². The van der Waals surface area contributed by atoms with Crippen molar-refractivity contribution in [3.05, 3.63) is 350 Å². The van der Waals surface area contributed by atoms with E-state index in [1.807, 2.05) is 18.2 Å². The first-order valence-corrected chi connectivity index (χ1v) is 39.2. The van der Waals surface area contributed by atoms with Crippen LogP contribution in [0.3, 0.4) is 0 Å². The van der Waals surface area contributed by atoms with Crippen molar-refractivity contribution in [2.75, 3.05) is 9.80 Å². The maximum Gasteiger partial charge on any atom is 0.252 e. The second-order valence-electron chi connectivity index (χ2n) is 34.8. The minimum Gasteiger partial charge on any atom is -0.311 e. The summed E-state index contributed by atoms with van der Waals surface area (Å²) >= 11 is 0. The summed E-state index contributed by atoms with van der Waals surface area (Å²) in [5.74, 6) is 0. The van der Waals surface area contributed by atoms with Crippen LogP contribution in [-0.2, 0) is 21.7 Å². The van der Waals surface area contributed by atoms with E-state index in [-0.39, 0.29) is 55.6 Å². The molecule has 6 heteroatoms. The Kier molecular flexibility index (Phi) is 13.7. The van der Waals surface area contributed by atoms with Gasteiger partial charge in [0.1, 0.15) is 0 Å². The van der Waals surface area contributed by atoms with Gasteiger partial charge >= 0.3 is 0 Å². The maximum absolute atomic E-state index is 9.86. The number of rotatable bonds is 9. The third kappa shape index (κ3) is 11.1. The summed E-state index contributed by atoms with van der Waals surface area (Å²) in [5, 5.41) is 4.60. The largest absolute Gasteiger partial charge is 0.311 e. The fourth-order valence-corrected chi connectivity index (χ4v) is 17.8. The number of para-hydroxylation sites is 5. The molecule has 0 N–H and O–H groups in total. The molecular weight excluding hydrogens is 1350 g/mol. The van der Waals surface area contributed by atoms with E-state index in [0.29, 0.717) is 5.69 Å². The highest BCUT2D eigenvalue weighted by atomic mass is 15.2. The summed E-state index contributed by atoms with van der Waals surface area (Å²) in [4.78, 5) is 4.97. The fourth-order valence-electron chi connectivity index (χ4n) is 17.8. The molecule has 20 rings (SSSR count). The van der Waals surface area contributed by atoms with Gasteiger partial charge in [-0.2, -0.15) is 0 Å². The van der Waals surface area contributed by atoms with E-state index in [1.54, 1.807) is 4.57 Å². The first-order valence-electron chi connectivity index (χ1n) is 43.2. The van der Waals surface area contributed by atoms with Crippen LogP contribution in [0.15, 0.2) is 327 Å². The summed E-state index contributed by atoms with van der Waals surface area (Å²) in [6, 6.07) is 99.2. The normalized spacial score (nSPS) is 14.1. The van der Waals surface area contributed by atoms with Crippen molar-refractivity contribution < 1.29 is 11.0 Å². The van der Waals surface area contributed by atoms with Gasteiger partial charge in [0.05, 0.1) is 55.4 Å². The van der Waals surface area contributed by atoms with Crippen LogP contribution in [0.25, 0.3) is 127 Å². The van der Waals surface area contributed by atoms with Crippen molar-refractivity contribution in [2.24, 2.45) is 0 Å². The lowest BCUT2D eigenvalue weighted by molar-refractivity contribution is 0.590. The molecule has 5 heterocycles.